The molecule has 0 amide bonds. The van der Waals surface area contributed by atoms with Gasteiger partial charge in [-0.2, -0.15) is 0 Å². The Labute approximate surface area is 54.2 Å². The molecule has 2 nitrogen and oxygen atoms in total. The summed E-state index contributed by atoms with van der Waals surface area (Å²) in [6.07, 6.45) is 0.229. The van der Waals surface area contributed by atoms with Gasteiger partial charge >= 0.3 is 0 Å². The van der Waals surface area contributed by atoms with Gasteiger partial charge in [0.1, 0.15) is 6.17 Å². The molecular formula is C6H12FNO. The Morgan fingerprint density at radius 3 is 2.67 bits per heavy atom. The lowest BCUT2D eigenvalue weighted by Crippen LogP contribution is -2.56. The Morgan fingerprint density at radius 2 is 2.33 bits per heavy atom. The van der Waals surface area contributed by atoms with Crippen LogP contribution < -0.4 is 5.73 Å². The summed E-state index contributed by atoms with van der Waals surface area (Å²) in [7, 11) is 1.58. The molecule has 1 aliphatic rings. The van der Waals surface area contributed by atoms with Crippen molar-refractivity contribution in [3.05, 3.63) is 0 Å². The number of nitrogens with two attached hydrogens (primary N) is 1. The quantitative estimate of drug-likeness (QED) is 0.594. The van der Waals surface area contributed by atoms with Crippen molar-refractivity contribution in [1.29, 1.82) is 0 Å². The second kappa shape index (κ2) is 2.23. The summed E-state index contributed by atoms with van der Waals surface area (Å²) in [6, 6.07) is 0. The lowest BCUT2D eigenvalue weighted by atomic mass is 9.77. The van der Waals surface area contributed by atoms with Crippen molar-refractivity contribution in [3.63, 3.8) is 0 Å². The molecule has 0 spiro atoms. The molecule has 9 heavy (non-hydrogen) atoms. The normalized spacial score (nSPS) is 42.3. The SMILES string of the molecule is COCC1(N)CC(F)C1. The van der Waals surface area contributed by atoms with Gasteiger partial charge in [0.15, 0.2) is 0 Å². The molecule has 0 bridgehead atoms. The van der Waals surface area contributed by atoms with Crippen LogP contribution in [-0.4, -0.2) is 25.4 Å². The Kier molecular flexibility index (Phi) is 1.73. The van der Waals surface area contributed by atoms with Crippen molar-refractivity contribution < 1.29 is 9.13 Å². The number of rotatable bonds is 2. The summed E-state index contributed by atoms with van der Waals surface area (Å²) in [5, 5.41) is 0. The molecule has 2 N–H and O–H groups in total. The molecule has 0 atom stereocenters. The largest absolute Gasteiger partial charge is 0.383 e. The number of ether oxygens (including phenoxy) is 1. The molecule has 54 valence electrons. The van der Waals surface area contributed by atoms with Crippen LogP contribution in [0.15, 0.2) is 0 Å². The van der Waals surface area contributed by atoms with E-state index in [1.807, 2.05) is 0 Å². The van der Waals surface area contributed by atoms with E-state index in [-0.39, 0.29) is 5.54 Å². The Balaban J connectivity index is 2.23. The smallest absolute Gasteiger partial charge is 0.104 e. The molecule has 0 unspecified atom stereocenters. The molecule has 1 rings (SSSR count). The highest BCUT2D eigenvalue weighted by atomic mass is 19.1. The first kappa shape index (κ1) is 6.96. The first-order chi connectivity index (χ1) is 4.16. The summed E-state index contributed by atoms with van der Waals surface area (Å²) >= 11 is 0. The molecule has 0 aromatic rings. The predicted molar refractivity (Wildman–Crippen MR) is 32.9 cm³/mol. The Morgan fingerprint density at radius 1 is 1.78 bits per heavy atom. The van der Waals surface area contributed by atoms with E-state index in [0.29, 0.717) is 19.4 Å². The van der Waals surface area contributed by atoms with Gasteiger partial charge in [0.25, 0.3) is 0 Å². The first-order valence-corrected chi connectivity index (χ1v) is 3.08. The van der Waals surface area contributed by atoms with Gasteiger partial charge in [-0.1, -0.05) is 0 Å². The van der Waals surface area contributed by atoms with E-state index < -0.39 is 6.17 Å². The van der Waals surface area contributed by atoms with Gasteiger partial charge in [-0.05, 0) is 12.8 Å². The number of methoxy groups -OCH3 is 1. The summed E-state index contributed by atoms with van der Waals surface area (Å²) in [6.45, 7) is 0.480. The molecule has 0 aliphatic heterocycles. The van der Waals surface area contributed by atoms with Crippen LogP contribution in [0.5, 0.6) is 0 Å². The van der Waals surface area contributed by atoms with E-state index in [4.69, 9.17) is 10.5 Å². The monoisotopic (exact) mass is 133 g/mol. The summed E-state index contributed by atoms with van der Waals surface area (Å²) < 4.78 is 17.0. The van der Waals surface area contributed by atoms with Crippen LogP contribution in [0.25, 0.3) is 0 Å². The maximum Gasteiger partial charge on any atom is 0.104 e. The average molecular weight is 133 g/mol. The maximum absolute atomic E-state index is 12.2. The van der Waals surface area contributed by atoms with Crippen molar-refractivity contribution in [3.8, 4) is 0 Å². The molecule has 0 radical (unpaired) electrons. The fraction of sp³-hybridized carbons (Fsp3) is 1.00. The zero-order chi connectivity index (χ0) is 6.91. The van der Waals surface area contributed by atoms with Gasteiger partial charge in [0.05, 0.1) is 6.61 Å². The van der Waals surface area contributed by atoms with Crippen LogP contribution in [0.3, 0.4) is 0 Å². The van der Waals surface area contributed by atoms with E-state index in [2.05, 4.69) is 0 Å². The Hall–Kier alpha value is -0.150. The molecule has 0 aromatic heterocycles. The second-order valence-corrected chi connectivity index (χ2v) is 2.80. The average Bonchev–Trinajstić information content (AvgIpc) is 1.62. The van der Waals surface area contributed by atoms with E-state index in [0.717, 1.165) is 0 Å². The minimum atomic E-state index is -0.690. The van der Waals surface area contributed by atoms with Crippen molar-refractivity contribution >= 4 is 0 Å². The molecule has 0 saturated heterocycles. The summed E-state index contributed by atoms with van der Waals surface area (Å²) in [5.74, 6) is 0. The third-order valence-corrected chi connectivity index (χ3v) is 1.69. The zero-order valence-corrected chi connectivity index (χ0v) is 5.56. The molecule has 1 saturated carbocycles. The first-order valence-electron chi connectivity index (χ1n) is 3.08. The van der Waals surface area contributed by atoms with Crippen molar-refractivity contribution in [1.82, 2.24) is 0 Å². The molecule has 1 fully saturated rings. The number of halogens is 1. The molecular weight excluding hydrogens is 121 g/mol. The lowest BCUT2D eigenvalue weighted by Gasteiger charge is -2.40. The van der Waals surface area contributed by atoms with Crippen LogP contribution >= 0.6 is 0 Å². The number of hydrogen-bond acceptors (Lipinski definition) is 2. The van der Waals surface area contributed by atoms with Crippen molar-refractivity contribution in [2.45, 2.75) is 24.6 Å². The maximum atomic E-state index is 12.2. The highest BCUT2D eigenvalue weighted by Gasteiger charge is 2.41. The van der Waals surface area contributed by atoms with Crippen LogP contribution in [0.2, 0.25) is 0 Å². The van der Waals surface area contributed by atoms with Gasteiger partial charge in [-0.15, -0.1) is 0 Å². The van der Waals surface area contributed by atoms with Crippen molar-refractivity contribution in [2.24, 2.45) is 5.73 Å². The van der Waals surface area contributed by atoms with E-state index >= 15 is 0 Å². The predicted octanol–water partition coefficient (Wildman–Crippen LogP) is 0.462. The van der Waals surface area contributed by atoms with Gasteiger partial charge in [-0.3, -0.25) is 0 Å². The third-order valence-electron chi connectivity index (χ3n) is 1.69. The van der Waals surface area contributed by atoms with E-state index in [1.54, 1.807) is 7.11 Å². The van der Waals surface area contributed by atoms with Gasteiger partial charge in [0.2, 0.25) is 0 Å². The highest BCUT2D eigenvalue weighted by molar-refractivity contribution is 4.98. The fourth-order valence-corrected chi connectivity index (χ4v) is 1.23. The third kappa shape index (κ3) is 1.40. The molecule has 0 heterocycles. The topological polar surface area (TPSA) is 35.2 Å². The lowest BCUT2D eigenvalue weighted by molar-refractivity contribution is 0.0274. The second-order valence-electron chi connectivity index (χ2n) is 2.80. The van der Waals surface area contributed by atoms with Gasteiger partial charge in [-0.25, -0.2) is 4.39 Å². The number of alkyl halides is 1. The van der Waals surface area contributed by atoms with Crippen LogP contribution in [0.4, 0.5) is 4.39 Å². The minimum absolute atomic E-state index is 0.353. The summed E-state index contributed by atoms with van der Waals surface area (Å²) in [5.41, 5.74) is 5.29. The summed E-state index contributed by atoms with van der Waals surface area (Å²) in [4.78, 5) is 0. The Bertz CT molecular complexity index is 95.7. The van der Waals surface area contributed by atoms with E-state index in [1.165, 1.54) is 0 Å². The molecule has 0 aromatic carbocycles. The number of hydrogen-bond donors (Lipinski definition) is 1. The van der Waals surface area contributed by atoms with Gasteiger partial charge < -0.3 is 10.5 Å². The molecule has 1 aliphatic carbocycles. The van der Waals surface area contributed by atoms with Crippen LogP contribution in [0, 0.1) is 0 Å². The fourth-order valence-electron chi connectivity index (χ4n) is 1.23. The highest BCUT2D eigenvalue weighted by Crippen LogP contribution is 2.32. The molecule has 3 heteroatoms. The minimum Gasteiger partial charge on any atom is -0.383 e. The van der Waals surface area contributed by atoms with Gasteiger partial charge in [0, 0.05) is 12.6 Å². The zero-order valence-electron chi connectivity index (χ0n) is 5.56. The van der Waals surface area contributed by atoms with E-state index in [9.17, 15) is 4.39 Å². The van der Waals surface area contributed by atoms with Crippen LogP contribution in [-0.2, 0) is 4.74 Å². The van der Waals surface area contributed by atoms with Crippen LogP contribution in [0.1, 0.15) is 12.8 Å². The standard InChI is InChI=1S/C6H12FNO/c1-9-4-6(8)2-5(7)3-6/h5H,2-4,8H2,1H3. The van der Waals surface area contributed by atoms with Crippen molar-refractivity contribution in [2.75, 3.05) is 13.7 Å².